The fourth-order valence-electron chi connectivity index (χ4n) is 0.799. The molecule has 0 aromatic rings. The van der Waals surface area contributed by atoms with Crippen LogP contribution in [-0.4, -0.2) is 29.7 Å². The molecule has 0 rings (SSSR count). The topological polar surface area (TPSA) is 99.7 Å². The molecule has 0 aromatic heterocycles. The van der Waals surface area contributed by atoms with Crippen molar-refractivity contribution in [3.63, 3.8) is 0 Å². The van der Waals surface area contributed by atoms with Gasteiger partial charge in [0.2, 0.25) is 5.84 Å². The van der Waals surface area contributed by atoms with Crippen LogP contribution in [0.25, 0.3) is 0 Å². The summed E-state index contributed by atoms with van der Waals surface area (Å²) in [5.74, 6) is 0.988. The molecule has 0 saturated carbocycles. The number of rotatable bonds is 6. The molecule has 0 aliphatic heterocycles. The summed E-state index contributed by atoms with van der Waals surface area (Å²) in [5.41, 5.74) is 5.95. The Labute approximate surface area is 110 Å². The van der Waals surface area contributed by atoms with E-state index in [1.54, 1.807) is 13.8 Å². The highest BCUT2D eigenvalue weighted by Crippen LogP contribution is 1.86. The Kier molecular flexibility index (Phi) is 16.4. The van der Waals surface area contributed by atoms with Gasteiger partial charge < -0.3 is 0 Å². The zero-order valence-electron chi connectivity index (χ0n) is 11.3. The number of nitrogens with two attached hydrogens (primary N) is 2. The minimum atomic E-state index is 0. The van der Waals surface area contributed by atoms with Gasteiger partial charge in [-0.25, -0.2) is 0 Å². The van der Waals surface area contributed by atoms with Crippen molar-refractivity contribution >= 4 is 23.1 Å². The van der Waals surface area contributed by atoms with Crippen LogP contribution in [-0.2, 0) is 9.59 Å². The number of nitrogens with one attached hydrogen (secondary N) is 1. The lowest BCUT2D eigenvalue weighted by Gasteiger charge is -1.86. The highest BCUT2D eigenvalue weighted by Gasteiger charge is 2.00. The number of hydrogen-bond donors (Lipinski definition) is 3. The lowest BCUT2D eigenvalue weighted by molar-refractivity contribution is -0.445. The first-order valence-electron chi connectivity index (χ1n) is 5.77. The fraction of sp³-hybridized carbons (Fsp3) is 0.692. The molecule has 5 nitrogen and oxygen atoms in total. The average molecular weight is 259 g/mol. The Morgan fingerprint density at radius 3 is 1.78 bits per heavy atom. The van der Waals surface area contributed by atoms with E-state index in [0.717, 1.165) is 0 Å². The average Bonchev–Trinajstić information content (AvgIpc) is 2.25. The zero-order chi connectivity index (χ0) is 13.8. The maximum absolute atomic E-state index is 10.6. The summed E-state index contributed by atoms with van der Waals surface area (Å²) in [7, 11) is 0. The molecule has 0 saturated heterocycles. The largest absolute Gasteiger partial charge is 0.299 e. The minimum Gasteiger partial charge on any atom is -0.299 e. The molecule has 0 bridgehead atoms. The molecule has 5 heteroatoms. The predicted octanol–water partition coefficient (Wildman–Crippen LogP) is -1.37. The molecule has 0 aromatic carbocycles. The number of hydrogen-bond acceptors (Lipinski definition) is 2. The maximum atomic E-state index is 10.6. The van der Waals surface area contributed by atoms with Crippen molar-refractivity contribution in [1.82, 2.24) is 0 Å². The molecule has 0 unspecified atom stereocenters. The smallest absolute Gasteiger partial charge is 0.237 e. The summed E-state index contributed by atoms with van der Waals surface area (Å²) >= 11 is 0. The molecule has 0 amide bonds. The van der Waals surface area contributed by atoms with Crippen molar-refractivity contribution in [2.75, 3.05) is 6.54 Å². The molecule has 0 atom stereocenters. The summed E-state index contributed by atoms with van der Waals surface area (Å²) in [5, 5.41) is 5.26. The third kappa shape index (κ3) is 20.0. The van der Waals surface area contributed by atoms with Crippen molar-refractivity contribution in [2.24, 2.45) is 5.73 Å². The van der Waals surface area contributed by atoms with Crippen LogP contribution in [0.2, 0.25) is 0 Å². The number of Topliss-reactive ketones (excluding diaryl/α,β-unsaturated/α-hetero) is 2. The van der Waals surface area contributed by atoms with Crippen molar-refractivity contribution in [3.05, 3.63) is 0 Å². The first kappa shape index (κ1) is 21.7. The lowest BCUT2D eigenvalue weighted by Crippen LogP contribution is -2.76. The van der Waals surface area contributed by atoms with Crippen LogP contribution >= 0.6 is 0 Å². The monoisotopic (exact) mass is 259 g/mol. The van der Waals surface area contributed by atoms with Crippen LogP contribution in [0.5, 0.6) is 0 Å². The summed E-state index contributed by atoms with van der Waals surface area (Å²) < 4.78 is 0. The quantitative estimate of drug-likeness (QED) is 0.405. The molecule has 0 fully saturated rings. The summed E-state index contributed by atoms with van der Waals surface area (Å²) in [6, 6.07) is 0. The molecule has 106 valence electrons. The molecule has 0 aliphatic carbocycles. The van der Waals surface area contributed by atoms with Gasteiger partial charge >= 0.3 is 0 Å². The molecule has 5 N–H and O–H groups in total. The second kappa shape index (κ2) is 13.5. The first-order valence-corrected chi connectivity index (χ1v) is 5.77. The van der Waals surface area contributed by atoms with E-state index in [1.165, 1.54) is 0 Å². The van der Waals surface area contributed by atoms with Gasteiger partial charge in [-0.2, -0.15) is 0 Å². The Morgan fingerprint density at radius 2 is 1.56 bits per heavy atom. The van der Waals surface area contributed by atoms with Gasteiger partial charge in [-0.15, -0.1) is 0 Å². The Morgan fingerprint density at radius 1 is 1.11 bits per heavy atom. The minimum absolute atomic E-state index is 0. The molecule has 18 heavy (non-hydrogen) atoms. The van der Waals surface area contributed by atoms with E-state index in [0.29, 0.717) is 37.4 Å². The third-order valence-electron chi connectivity index (χ3n) is 1.83. The van der Waals surface area contributed by atoms with E-state index in [1.807, 2.05) is 13.8 Å². The highest BCUT2D eigenvalue weighted by molar-refractivity contribution is 5.97. The Bertz CT molecular complexity index is 293. The van der Waals surface area contributed by atoms with Crippen molar-refractivity contribution in [1.29, 1.82) is 0 Å². The number of ketones is 2. The van der Waals surface area contributed by atoms with Crippen LogP contribution < -0.4 is 16.1 Å². The van der Waals surface area contributed by atoms with Crippen LogP contribution in [0.4, 0.5) is 0 Å². The van der Waals surface area contributed by atoms with Crippen LogP contribution in [0.3, 0.4) is 0 Å². The van der Waals surface area contributed by atoms with Gasteiger partial charge in [-0.3, -0.25) is 25.7 Å². The molecular formula is C13H29N3O2+2. The van der Waals surface area contributed by atoms with E-state index < -0.39 is 0 Å². The van der Waals surface area contributed by atoms with E-state index in [9.17, 15) is 9.59 Å². The van der Waals surface area contributed by atoms with Gasteiger partial charge in [-0.05, 0) is 0 Å². The lowest BCUT2D eigenvalue weighted by atomic mass is 10.2. The van der Waals surface area contributed by atoms with Gasteiger partial charge in [0.25, 0.3) is 0 Å². The summed E-state index contributed by atoms with van der Waals surface area (Å²) in [4.78, 5) is 23.8. The molecule has 0 radical (unpaired) electrons. The molecule has 0 heterocycles. The van der Waals surface area contributed by atoms with Gasteiger partial charge in [0.1, 0.15) is 12.3 Å². The van der Waals surface area contributed by atoms with Crippen LogP contribution in [0.1, 0.15) is 54.4 Å². The number of carbonyl (C=O) groups is 2. The summed E-state index contributed by atoms with van der Waals surface area (Å²) in [6.45, 7) is 7.51. The zero-order valence-corrected chi connectivity index (χ0v) is 11.3. The van der Waals surface area contributed by atoms with Gasteiger partial charge in [-0.1, -0.05) is 21.3 Å². The van der Waals surface area contributed by atoms with Crippen molar-refractivity contribution in [3.8, 4) is 0 Å². The van der Waals surface area contributed by atoms with Crippen LogP contribution in [0, 0.1) is 0 Å². The highest BCUT2D eigenvalue weighted by atomic mass is 16.1. The van der Waals surface area contributed by atoms with E-state index in [-0.39, 0.29) is 19.0 Å². The Hall–Kier alpha value is -1.52. The van der Waals surface area contributed by atoms with Gasteiger partial charge in [0.05, 0.1) is 6.42 Å². The Balaban J connectivity index is -0.000000238. The normalized spacial score (nSPS) is 9.67. The summed E-state index contributed by atoms with van der Waals surface area (Å²) in [6.07, 6.45) is 1.60. The molecule has 0 spiro atoms. The van der Waals surface area contributed by atoms with Crippen molar-refractivity contribution in [2.45, 2.75) is 54.4 Å². The predicted molar refractivity (Wildman–Crippen MR) is 75.2 cm³/mol. The van der Waals surface area contributed by atoms with Crippen LogP contribution in [0.15, 0.2) is 0 Å². The first-order chi connectivity index (χ1) is 7.83. The number of amidine groups is 1. The second-order valence-corrected chi connectivity index (χ2v) is 3.84. The third-order valence-corrected chi connectivity index (χ3v) is 1.83. The molecule has 0 aliphatic rings. The number of carbonyl (C=O) groups excluding carboxylic acids is 2. The van der Waals surface area contributed by atoms with E-state index in [2.05, 4.69) is 4.99 Å². The second-order valence-electron chi connectivity index (χ2n) is 3.84. The van der Waals surface area contributed by atoms with E-state index in [4.69, 9.17) is 11.1 Å². The fourth-order valence-corrected chi connectivity index (χ4v) is 0.799. The van der Waals surface area contributed by atoms with Gasteiger partial charge in [0.15, 0.2) is 11.5 Å². The van der Waals surface area contributed by atoms with Crippen molar-refractivity contribution < 1.29 is 20.0 Å². The molecular weight excluding hydrogens is 230 g/mol. The van der Waals surface area contributed by atoms with E-state index >= 15 is 0 Å². The van der Waals surface area contributed by atoms with Gasteiger partial charge in [0, 0.05) is 26.7 Å². The maximum Gasteiger partial charge on any atom is 0.237 e. The standard InChI is InChI=1S/C6H12N2O.C6H11NO.CH4/c1-3-6(9)4-8-5(2)7;1-3-6(8)4-5(2)7;/h3-4H2,1-2H3,(H2,7,8);7H,3-4H2,1-2H3;1H4/p+2. The SMILES string of the molecule is C.CCC(=O)CC(C)=[NH2+].CCC(=O)C[NH+]=C(C)N.